The monoisotopic (exact) mass is 348 g/mol. The van der Waals surface area contributed by atoms with Crippen LogP contribution in [0.25, 0.3) is 11.4 Å². The van der Waals surface area contributed by atoms with Crippen LogP contribution in [0.3, 0.4) is 0 Å². The largest absolute Gasteiger partial charge is 0.478 e. The molecule has 1 aliphatic carbocycles. The molecule has 3 aromatic rings. The molecule has 7 nitrogen and oxygen atoms in total. The second-order valence-corrected chi connectivity index (χ2v) is 6.60. The molecule has 7 heteroatoms. The number of hydrogen-bond acceptors (Lipinski definition) is 6. The van der Waals surface area contributed by atoms with Crippen LogP contribution in [0, 0.1) is 0 Å². The number of carboxylic acids is 1. The van der Waals surface area contributed by atoms with E-state index in [-0.39, 0.29) is 5.56 Å². The first-order valence-electron chi connectivity index (χ1n) is 8.58. The Labute approximate surface area is 149 Å². The SMILES string of the molecule is O=C(O)c1coc2c1CN(c1nc(-c3ccncc3)nc3c1CCC3)C2. The van der Waals surface area contributed by atoms with Crippen molar-refractivity contribution in [3.8, 4) is 11.4 Å². The maximum absolute atomic E-state index is 11.4. The van der Waals surface area contributed by atoms with Crippen molar-refractivity contribution in [2.45, 2.75) is 32.4 Å². The van der Waals surface area contributed by atoms with Crippen molar-refractivity contribution in [2.24, 2.45) is 0 Å². The van der Waals surface area contributed by atoms with E-state index in [9.17, 15) is 9.90 Å². The molecule has 0 saturated heterocycles. The highest BCUT2D eigenvalue weighted by atomic mass is 16.4. The van der Waals surface area contributed by atoms with Crippen LogP contribution < -0.4 is 4.90 Å². The molecule has 0 bridgehead atoms. The fraction of sp³-hybridized carbons (Fsp3) is 0.263. The molecule has 0 saturated carbocycles. The van der Waals surface area contributed by atoms with Crippen LogP contribution in [0.4, 0.5) is 5.82 Å². The van der Waals surface area contributed by atoms with Crippen LogP contribution in [-0.4, -0.2) is 26.0 Å². The van der Waals surface area contributed by atoms with Crippen LogP contribution in [0.15, 0.2) is 35.2 Å². The number of fused-ring (bicyclic) bond motifs is 2. The van der Waals surface area contributed by atoms with Crippen molar-refractivity contribution in [2.75, 3.05) is 4.90 Å². The van der Waals surface area contributed by atoms with Gasteiger partial charge in [-0.3, -0.25) is 4.98 Å². The van der Waals surface area contributed by atoms with Gasteiger partial charge >= 0.3 is 5.97 Å². The average molecular weight is 348 g/mol. The van der Waals surface area contributed by atoms with Crippen molar-refractivity contribution >= 4 is 11.8 Å². The predicted octanol–water partition coefficient (Wildman–Crippen LogP) is 2.84. The molecule has 2 aliphatic rings. The number of furan rings is 1. The Morgan fingerprint density at radius 1 is 1.12 bits per heavy atom. The third-order valence-electron chi connectivity index (χ3n) is 5.04. The maximum Gasteiger partial charge on any atom is 0.339 e. The van der Waals surface area contributed by atoms with Crippen molar-refractivity contribution in [3.05, 3.63) is 58.9 Å². The van der Waals surface area contributed by atoms with Gasteiger partial charge in [0.25, 0.3) is 0 Å². The average Bonchev–Trinajstić information content (AvgIpc) is 3.36. The smallest absolute Gasteiger partial charge is 0.339 e. The lowest BCUT2D eigenvalue weighted by atomic mass is 10.1. The lowest BCUT2D eigenvalue weighted by Crippen LogP contribution is -2.20. The number of anilines is 1. The number of aryl methyl sites for hydroxylation is 1. The van der Waals surface area contributed by atoms with E-state index >= 15 is 0 Å². The topological polar surface area (TPSA) is 92.3 Å². The fourth-order valence-corrected chi connectivity index (χ4v) is 3.78. The van der Waals surface area contributed by atoms with E-state index in [1.165, 1.54) is 11.8 Å². The molecule has 0 spiro atoms. The first kappa shape index (κ1) is 15.1. The first-order chi connectivity index (χ1) is 12.7. The highest BCUT2D eigenvalue weighted by Gasteiger charge is 2.32. The Kier molecular flexibility index (Phi) is 3.28. The highest BCUT2D eigenvalue weighted by Crippen LogP contribution is 2.37. The van der Waals surface area contributed by atoms with Crippen molar-refractivity contribution in [3.63, 3.8) is 0 Å². The molecule has 0 unspecified atom stereocenters. The molecular weight excluding hydrogens is 332 g/mol. The van der Waals surface area contributed by atoms with Gasteiger partial charge in [0, 0.05) is 41.3 Å². The minimum atomic E-state index is -0.956. The molecular formula is C19H16N4O3. The first-order valence-corrected chi connectivity index (χ1v) is 8.58. The Hall–Kier alpha value is -3.22. The summed E-state index contributed by atoms with van der Waals surface area (Å²) < 4.78 is 5.48. The second-order valence-electron chi connectivity index (χ2n) is 6.60. The lowest BCUT2D eigenvalue weighted by Gasteiger charge is -2.20. The zero-order valence-corrected chi connectivity index (χ0v) is 14.0. The fourth-order valence-electron chi connectivity index (χ4n) is 3.78. The standard InChI is InChI=1S/C19H16N4O3/c24-19(25)14-10-26-16-9-23(8-13(14)16)18-12-2-1-3-15(12)21-17(22-18)11-4-6-20-7-5-11/h4-7,10H,1-3,8-9H2,(H,24,25). The molecule has 0 radical (unpaired) electrons. The summed E-state index contributed by atoms with van der Waals surface area (Å²) in [5.41, 5.74) is 4.17. The summed E-state index contributed by atoms with van der Waals surface area (Å²) in [6.07, 6.45) is 7.75. The van der Waals surface area contributed by atoms with E-state index in [4.69, 9.17) is 14.4 Å². The van der Waals surface area contributed by atoms with Gasteiger partial charge in [-0.2, -0.15) is 0 Å². The molecule has 0 fully saturated rings. The summed E-state index contributed by atoms with van der Waals surface area (Å²) in [4.78, 5) is 27.1. The van der Waals surface area contributed by atoms with Crippen LogP contribution in [-0.2, 0) is 25.9 Å². The van der Waals surface area contributed by atoms with E-state index in [1.807, 2.05) is 12.1 Å². The zero-order valence-electron chi connectivity index (χ0n) is 14.0. The summed E-state index contributed by atoms with van der Waals surface area (Å²) >= 11 is 0. The number of rotatable bonds is 3. The van der Waals surface area contributed by atoms with Crippen LogP contribution in [0.5, 0.6) is 0 Å². The molecule has 0 atom stereocenters. The predicted molar refractivity (Wildman–Crippen MR) is 92.8 cm³/mol. The molecule has 130 valence electrons. The number of aromatic nitrogens is 3. The molecule has 3 aromatic heterocycles. The van der Waals surface area contributed by atoms with Gasteiger partial charge in [0.15, 0.2) is 5.82 Å². The van der Waals surface area contributed by atoms with Crippen molar-refractivity contribution in [1.29, 1.82) is 0 Å². The maximum atomic E-state index is 11.4. The van der Waals surface area contributed by atoms with Crippen molar-refractivity contribution in [1.82, 2.24) is 15.0 Å². The molecule has 0 amide bonds. The number of pyridine rings is 1. The van der Waals surface area contributed by atoms with Gasteiger partial charge in [-0.25, -0.2) is 14.8 Å². The zero-order chi connectivity index (χ0) is 17.7. The number of aromatic carboxylic acids is 1. The van der Waals surface area contributed by atoms with Gasteiger partial charge in [-0.15, -0.1) is 0 Å². The van der Waals surface area contributed by atoms with E-state index in [2.05, 4.69) is 9.88 Å². The minimum Gasteiger partial charge on any atom is -0.478 e. The Bertz CT molecular complexity index is 1010. The normalized spacial score (nSPS) is 15.2. The third-order valence-corrected chi connectivity index (χ3v) is 5.04. The summed E-state index contributed by atoms with van der Waals surface area (Å²) in [5, 5.41) is 9.33. The minimum absolute atomic E-state index is 0.238. The summed E-state index contributed by atoms with van der Waals surface area (Å²) in [6, 6.07) is 3.80. The molecule has 26 heavy (non-hydrogen) atoms. The van der Waals surface area contributed by atoms with Gasteiger partial charge in [0.1, 0.15) is 23.4 Å². The van der Waals surface area contributed by atoms with Crippen molar-refractivity contribution < 1.29 is 14.3 Å². The molecule has 1 N–H and O–H groups in total. The van der Waals surface area contributed by atoms with Crippen LogP contribution in [0.2, 0.25) is 0 Å². The van der Waals surface area contributed by atoms with Gasteiger partial charge in [0.05, 0.1) is 6.54 Å². The number of nitrogens with zero attached hydrogens (tertiary/aromatic N) is 4. The number of carboxylic acid groups (broad SMARTS) is 1. The lowest BCUT2D eigenvalue weighted by molar-refractivity contribution is 0.0695. The van der Waals surface area contributed by atoms with E-state index in [0.717, 1.165) is 41.9 Å². The summed E-state index contributed by atoms with van der Waals surface area (Å²) in [7, 11) is 0. The van der Waals surface area contributed by atoms with Gasteiger partial charge in [0.2, 0.25) is 0 Å². The number of carbonyl (C=O) groups is 1. The molecule has 1 aliphatic heterocycles. The second kappa shape index (κ2) is 5.66. The Balaban J connectivity index is 1.57. The van der Waals surface area contributed by atoms with E-state index in [1.54, 1.807) is 12.4 Å². The third kappa shape index (κ3) is 2.28. The Morgan fingerprint density at radius 3 is 2.77 bits per heavy atom. The van der Waals surface area contributed by atoms with Gasteiger partial charge < -0.3 is 14.4 Å². The van der Waals surface area contributed by atoms with E-state index in [0.29, 0.717) is 24.7 Å². The summed E-state index contributed by atoms with van der Waals surface area (Å²) in [6.45, 7) is 1.02. The quantitative estimate of drug-likeness (QED) is 0.778. The van der Waals surface area contributed by atoms with Gasteiger partial charge in [-0.1, -0.05) is 0 Å². The van der Waals surface area contributed by atoms with Crippen LogP contribution >= 0.6 is 0 Å². The number of hydrogen-bond donors (Lipinski definition) is 1. The van der Waals surface area contributed by atoms with Gasteiger partial charge in [-0.05, 0) is 31.4 Å². The molecule has 0 aromatic carbocycles. The molecule has 5 rings (SSSR count). The van der Waals surface area contributed by atoms with E-state index < -0.39 is 5.97 Å². The highest BCUT2D eigenvalue weighted by molar-refractivity contribution is 5.89. The van der Waals surface area contributed by atoms with Crippen LogP contribution in [0.1, 0.15) is 39.4 Å². The summed E-state index contributed by atoms with van der Waals surface area (Å²) in [5.74, 6) is 1.33. The molecule has 4 heterocycles. The Morgan fingerprint density at radius 2 is 1.96 bits per heavy atom.